The molecule has 0 aliphatic heterocycles. The van der Waals surface area contributed by atoms with Gasteiger partial charge < -0.3 is 40.1 Å². The Hall–Kier alpha value is -2.17. The van der Waals surface area contributed by atoms with E-state index < -0.39 is 0 Å². The first-order valence-electron chi connectivity index (χ1n) is 10.3. The fourth-order valence-electron chi connectivity index (χ4n) is 2.75. The van der Waals surface area contributed by atoms with Crippen molar-refractivity contribution in [2.24, 2.45) is 5.73 Å². The summed E-state index contributed by atoms with van der Waals surface area (Å²) in [6.45, 7) is 4.93. The first-order chi connectivity index (χ1) is 14.7. The molecule has 0 unspecified atom stereocenters. The molecule has 1 aromatic heterocycles. The number of phenols is 1. The summed E-state index contributed by atoms with van der Waals surface area (Å²) in [5.74, 6) is 0.194. The van der Waals surface area contributed by atoms with Crippen LogP contribution >= 0.6 is 0 Å². The Bertz CT molecular complexity index is 737. The molecule has 5 N–H and O–H groups in total. The molecule has 2 aromatic rings. The Balaban J connectivity index is 1.39. The zero-order chi connectivity index (χ0) is 21.4. The molecule has 30 heavy (non-hydrogen) atoms. The van der Waals surface area contributed by atoms with Gasteiger partial charge in [-0.25, -0.2) is 0 Å². The van der Waals surface area contributed by atoms with E-state index in [1.807, 2.05) is 12.1 Å². The van der Waals surface area contributed by atoms with E-state index in [-0.39, 0.29) is 11.7 Å². The van der Waals surface area contributed by atoms with Crippen LogP contribution in [0.4, 0.5) is 0 Å². The number of hydrogen-bond acceptors (Lipinski definition) is 7. The molecule has 1 amide bonds. The average molecular weight is 424 g/mol. The van der Waals surface area contributed by atoms with Crippen molar-refractivity contribution in [3.8, 4) is 5.75 Å². The summed E-state index contributed by atoms with van der Waals surface area (Å²) in [6.07, 6.45) is 1.00. The quantitative estimate of drug-likeness (QED) is 0.279. The molecule has 0 saturated carbocycles. The summed E-state index contributed by atoms with van der Waals surface area (Å²) in [5.41, 5.74) is 7.28. The van der Waals surface area contributed by atoms with Crippen LogP contribution < -0.4 is 11.1 Å². The van der Waals surface area contributed by atoms with Gasteiger partial charge in [-0.15, -0.1) is 0 Å². The summed E-state index contributed by atoms with van der Waals surface area (Å²) in [4.78, 5) is 15.1. The van der Waals surface area contributed by atoms with Gasteiger partial charge in [0.25, 0.3) is 0 Å². The molecule has 9 nitrogen and oxygen atoms in total. The SMILES string of the molecule is NCCOCCOCCOCCOCCC(=O)NCCc1cc2cc(O)ccc2[nH]1. The lowest BCUT2D eigenvalue weighted by Gasteiger charge is -2.07. The molecule has 168 valence electrons. The number of aromatic hydroxyl groups is 1. The van der Waals surface area contributed by atoms with E-state index in [1.54, 1.807) is 12.1 Å². The van der Waals surface area contributed by atoms with Gasteiger partial charge in [-0.3, -0.25) is 4.79 Å². The van der Waals surface area contributed by atoms with Crippen molar-refractivity contribution < 1.29 is 28.8 Å². The van der Waals surface area contributed by atoms with Crippen LogP contribution in [0.3, 0.4) is 0 Å². The van der Waals surface area contributed by atoms with Crippen LogP contribution in [-0.2, 0) is 30.2 Å². The normalized spacial score (nSPS) is 11.2. The highest BCUT2D eigenvalue weighted by atomic mass is 16.6. The number of nitrogens with one attached hydrogen (secondary N) is 2. The second kappa shape index (κ2) is 14.8. The van der Waals surface area contributed by atoms with Crippen molar-refractivity contribution in [1.29, 1.82) is 0 Å². The van der Waals surface area contributed by atoms with Gasteiger partial charge in [-0.1, -0.05) is 0 Å². The number of benzene rings is 1. The third-order valence-electron chi connectivity index (χ3n) is 4.23. The molecule has 0 radical (unpaired) electrons. The number of carbonyl (C=O) groups excluding carboxylic acids is 1. The second-order valence-electron chi connectivity index (χ2n) is 6.65. The number of aromatic amines is 1. The van der Waals surface area contributed by atoms with Crippen LogP contribution in [0, 0.1) is 0 Å². The largest absolute Gasteiger partial charge is 0.508 e. The number of hydrogen-bond donors (Lipinski definition) is 4. The topological polar surface area (TPSA) is 128 Å². The van der Waals surface area contributed by atoms with Crippen LogP contribution in [-0.4, -0.2) is 81.9 Å². The second-order valence-corrected chi connectivity index (χ2v) is 6.65. The minimum absolute atomic E-state index is 0.0464. The molecular formula is C21H33N3O6. The lowest BCUT2D eigenvalue weighted by molar-refractivity contribution is -0.122. The number of nitrogens with two attached hydrogens (primary N) is 1. The van der Waals surface area contributed by atoms with E-state index >= 15 is 0 Å². The van der Waals surface area contributed by atoms with Crippen molar-refractivity contribution in [3.63, 3.8) is 0 Å². The van der Waals surface area contributed by atoms with Crippen molar-refractivity contribution in [2.75, 3.05) is 65.9 Å². The Labute approximate surface area is 176 Å². The number of aromatic nitrogens is 1. The Morgan fingerprint density at radius 1 is 0.933 bits per heavy atom. The van der Waals surface area contributed by atoms with E-state index in [0.717, 1.165) is 16.6 Å². The molecule has 0 aliphatic carbocycles. The maximum absolute atomic E-state index is 11.9. The van der Waals surface area contributed by atoms with Gasteiger partial charge in [0.15, 0.2) is 0 Å². The van der Waals surface area contributed by atoms with E-state index in [0.29, 0.717) is 78.8 Å². The molecule has 1 aromatic carbocycles. The third kappa shape index (κ3) is 10.0. The minimum Gasteiger partial charge on any atom is -0.508 e. The fourth-order valence-corrected chi connectivity index (χ4v) is 2.75. The minimum atomic E-state index is -0.0464. The van der Waals surface area contributed by atoms with Gasteiger partial charge in [0.1, 0.15) is 5.75 Å². The van der Waals surface area contributed by atoms with Crippen LogP contribution in [0.1, 0.15) is 12.1 Å². The number of H-pyrrole nitrogens is 1. The van der Waals surface area contributed by atoms with E-state index in [4.69, 9.17) is 24.7 Å². The van der Waals surface area contributed by atoms with Gasteiger partial charge >= 0.3 is 0 Å². The lowest BCUT2D eigenvalue weighted by Crippen LogP contribution is -2.26. The molecule has 1 heterocycles. The molecule has 0 fully saturated rings. The average Bonchev–Trinajstić information content (AvgIpc) is 3.13. The van der Waals surface area contributed by atoms with Crippen LogP contribution in [0.2, 0.25) is 0 Å². The summed E-state index contributed by atoms with van der Waals surface area (Å²) < 4.78 is 21.3. The van der Waals surface area contributed by atoms with E-state index in [2.05, 4.69) is 10.3 Å². The van der Waals surface area contributed by atoms with Gasteiger partial charge in [0.2, 0.25) is 5.91 Å². The van der Waals surface area contributed by atoms with Gasteiger partial charge in [0.05, 0.1) is 52.9 Å². The zero-order valence-corrected chi connectivity index (χ0v) is 17.4. The summed E-state index contributed by atoms with van der Waals surface area (Å²) in [6, 6.07) is 7.16. The number of ether oxygens (including phenoxy) is 4. The van der Waals surface area contributed by atoms with Crippen LogP contribution in [0.25, 0.3) is 10.9 Å². The van der Waals surface area contributed by atoms with Crippen molar-refractivity contribution in [1.82, 2.24) is 10.3 Å². The molecule has 0 aliphatic rings. The number of carbonyl (C=O) groups is 1. The number of amides is 1. The Morgan fingerprint density at radius 3 is 2.23 bits per heavy atom. The summed E-state index contributed by atoms with van der Waals surface area (Å²) >= 11 is 0. The van der Waals surface area contributed by atoms with Crippen molar-refractivity contribution >= 4 is 16.8 Å². The highest BCUT2D eigenvalue weighted by Crippen LogP contribution is 2.20. The van der Waals surface area contributed by atoms with Gasteiger partial charge in [-0.05, 0) is 24.3 Å². The summed E-state index contributed by atoms with van der Waals surface area (Å²) in [5, 5.41) is 13.3. The molecule has 0 bridgehead atoms. The van der Waals surface area contributed by atoms with E-state index in [1.165, 1.54) is 0 Å². The maximum atomic E-state index is 11.9. The van der Waals surface area contributed by atoms with E-state index in [9.17, 15) is 9.90 Å². The highest BCUT2D eigenvalue weighted by molar-refractivity contribution is 5.81. The first-order valence-corrected chi connectivity index (χ1v) is 10.3. The fraction of sp³-hybridized carbons (Fsp3) is 0.571. The standard InChI is InChI=1S/C21H33N3O6/c22-5-8-28-10-12-30-14-13-29-11-9-27-7-4-21(26)23-6-3-18-15-17-16-19(25)1-2-20(17)24-18/h1-2,15-16,24-25H,3-14,22H2,(H,23,26). The van der Waals surface area contributed by atoms with Gasteiger partial charge in [0, 0.05) is 42.5 Å². The smallest absolute Gasteiger partial charge is 0.222 e. The van der Waals surface area contributed by atoms with Crippen molar-refractivity contribution in [3.05, 3.63) is 30.0 Å². The molecule has 0 spiro atoms. The predicted octanol–water partition coefficient (Wildman–Crippen LogP) is 0.947. The van der Waals surface area contributed by atoms with Gasteiger partial charge in [-0.2, -0.15) is 0 Å². The van der Waals surface area contributed by atoms with Crippen LogP contribution in [0.15, 0.2) is 24.3 Å². The Kier molecular flexibility index (Phi) is 11.9. The van der Waals surface area contributed by atoms with Crippen molar-refractivity contribution in [2.45, 2.75) is 12.8 Å². The first kappa shape index (κ1) is 24.1. The number of rotatable bonds is 17. The highest BCUT2D eigenvalue weighted by Gasteiger charge is 2.04. The lowest BCUT2D eigenvalue weighted by atomic mass is 10.2. The Morgan fingerprint density at radius 2 is 1.57 bits per heavy atom. The molecule has 0 atom stereocenters. The monoisotopic (exact) mass is 423 g/mol. The predicted molar refractivity (Wildman–Crippen MR) is 114 cm³/mol. The zero-order valence-electron chi connectivity index (χ0n) is 17.4. The third-order valence-corrected chi connectivity index (χ3v) is 4.23. The molecule has 9 heteroatoms. The number of fused-ring (bicyclic) bond motifs is 1. The van der Waals surface area contributed by atoms with Crippen LogP contribution in [0.5, 0.6) is 5.75 Å². The molecular weight excluding hydrogens is 390 g/mol. The number of phenolic OH excluding ortho intramolecular Hbond substituents is 1. The molecule has 0 saturated heterocycles. The maximum Gasteiger partial charge on any atom is 0.222 e. The molecule has 2 rings (SSSR count). The summed E-state index contributed by atoms with van der Waals surface area (Å²) in [7, 11) is 0.